The van der Waals surface area contributed by atoms with E-state index < -0.39 is 0 Å². The summed E-state index contributed by atoms with van der Waals surface area (Å²) < 4.78 is 0. The van der Waals surface area contributed by atoms with Gasteiger partial charge in [0.1, 0.15) is 0 Å². The maximum Gasteiger partial charge on any atom is 0.0197 e. The zero-order valence-electron chi connectivity index (χ0n) is 11.9. The third-order valence-corrected chi connectivity index (χ3v) is 6.14. The largest absolute Gasteiger partial charge is 0.311 e. The fourth-order valence-corrected chi connectivity index (χ4v) is 5.65. The normalized spacial score (nSPS) is 50.8. The van der Waals surface area contributed by atoms with Crippen LogP contribution in [0.4, 0.5) is 0 Å². The summed E-state index contributed by atoms with van der Waals surface area (Å²) in [6.45, 7) is 7.28. The van der Waals surface area contributed by atoms with Gasteiger partial charge in [0.2, 0.25) is 0 Å². The predicted molar refractivity (Wildman–Crippen MR) is 74.5 cm³/mol. The molecule has 2 bridgehead atoms. The second kappa shape index (κ2) is 4.21. The molecule has 1 heterocycles. The van der Waals surface area contributed by atoms with E-state index in [1.165, 1.54) is 25.9 Å². The van der Waals surface area contributed by atoms with Crippen molar-refractivity contribution < 1.29 is 0 Å². The SMILES string of the molecule is CC(C)NC1CCCN(C2C3C4CCC(C4)C32)C1. The molecule has 1 N–H and O–H groups in total. The molecule has 0 spiro atoms. The topological polar surface area (TPSA) is 15.3 Å². The third-order valence-electron chi connectivity index (χ3n) is 6.14. The standard InChI is InChI=1S/C16H28N2/c1-10(2)17-13-4-3-7-18(9-13)16-14-11-5-6-12(8-11)15(14)16/h10-17H,3-9H2,1-2H3. The van der Waals surface area contributed by atoms with E-state index in [0.29, 0.717) is 6.04 Å². The van der Waals surface area contributed by atoms with Gasteiger partial charge in [0, 0.05) is 24.7 Å². The number of hydrogen-bond acceptors (Lipinski definition) is 2. The molecule has 4 rings (SSSR count). The average Bonchev–Trinajstić information content (AvgIpc) is 2.78. The monoisotopic (exact) mass is 248 g/mol. The number of nitrogens with one attached hydrogen (secondary N) is 1. The highest BCUT2D eigenvalue weighted by Gasteiger charge is 2.66. The zero-order chi connectivity index (χ0) is 12.3. The minimum Gasteiger partial charge on any atom is -0.311 e. The molecule has 102 valence electrons. The summed E-state index contributed by atoms with van der Waals surface area (Å²) >= 11 is 0. The van der Waals surface area contributed by atoms with Crippen LogP contribution in [0.1, 0.15) is 46.0 Å². The van der Waals surface area contributed by atoms with Crippen LogP contribution in [0.2, 0.25) is 0 Å². The summed E-state index contributed by atoms with van der Waals surface area (Å²) in [4.78, 5) is 2.86. The van der Waals surface area contributed by atoms with E-state index in [0.717, 1.165) is 35.8 Å². The molecular formula is C16H28N2. The van der Waals surface area contributed by atoms with Gasteiger partial charge >= 0.3 is 0 Å². The number of piperidine rings is 1. The lowest BCUT2D eigenvalue weighted by Gasteiger charge is -2.35. The molecule has 0 amide bonds. The van der Waals surface area contributed by atoms with E-state index in [2.05, 4.69) is 24.1 Å². The molecule has 18 heavy (non-hydrogen) atoms. The van der Waals surface area contributed by atoms with Crippen molar-refractivity contribution in [3.63, 3.8) is 0 Å². The van der Waals surface area contributed by atoms with Gasteiger partial charge in [-0.05, 0) is 62.3 Å². The quantitative estimate of drug-likeness (QED) is 0.825. The third kappa shape index (κ3) is 1.76. The minimum atomic E-state index is 0.643. The van der Waals surface area contributed by atoms with Crippen molar-refractivity contribution >= 4 is 0 Å². The molecule has 2 heteroatoms. The smallest absolute Gasteiger partial charge is 0.0197 e. The van der Waals surface area contributed by atoms with Gasteiger partial charge in [-0.3, -0.25) is 4.90 Å². The molecule has 0 aromatic heterocycles. The Balaban J connectivity index is 1.38. The van der Waals surface area contributed by atoms with Crippen LogP contribution in [0, 0.1) is 23.7 Å². The van der Waals surface area contributed by atoms with Crippen LogP contribution in [-0.2, 0) is 0 Å². The number of likely N-dealkylation sites (tertiary alicyclic amines) is 1. The average molecular weight is 248 g/mol. The van der Waals surface area contributed by atoms with Gasteiger partial charge in [-0.25, -0.2) is 0 Å². The number of rotatable bonds is 3. The molecule has 5 atom stereocenters. The minimum absolute atomic E-state index is 0.643. The summed E-state index contributed by atoms with van der Waals surface area (Å²) in [5.74, 6) is 4.51. The molecule has 3 saturated carbocycles. The lowest BCUT2D eigenvalue weighted by molar-refractivity contribution is 0.153. The van der Waals surface area contributed by atoms with E-state index in [1.807, 2.05) is 0 Å². The van der Waals surface area contributed by atoms with E-state index in [9.17, 15) is 0 Å². The first kappa shape index (κ1) is 11.7. The van der Waals surface area contributed by atoms with E-state index in [-0.39, 0.29) is 0 Å². The Kier molecular flexibility index (Phi) is 2.74. The van der Waals surface area contributed by atoms with E-state index in [4.69, 9.17) is 0 Å². The maximum atomic E-state index is 3.76. The first-order valence-electron chi connectivity index (χ1n) is 8.24. The van der Waals surface area contributed by atoms with Crippen LogP contribution in [0.5, 0.6) is 0 Å². The van der Waals surface area contributed by atoms with Gasteiger partial charge in [-0.2, -0.15) is 0 Å². The van der Waals surface area contributed by atoms with Crippen molar-refractivity contribution in [1.29, 1.82) is 0 Å². The van der Waals surface area contributed by atoms with Crippen LogP contribution >= 0.6 is 0 Å². The van der Waals surface area contributed by atoms with Gasteiger partial charge in [0.15, 0.2) is 0 Å². The summed E-state index contributed by atoms with van der Waals surface area (Å²) in [6.07, 6.45) is 7.51. The molecule has 0 radical (unpaired) electrons. The molecule has 0 aromatic carbocycles. The van der Waals surface area contributed by atoms with Crippen LogP contribution < -0.4 is 5.32 Å². The lowest BCUT2D eigenvalue weighted by atomic mass is 10.0. The summed E-state index contributed by atoms with van der Waals surface area (Å²) in [5.41, 5.74) is 0. The highest BCUT2D eigenvalue weighted by molar-refractivity contribution is 5.17. The van der Waals surface area contributed by atoms with E-state index >= 15 is 0 Å². The predicted octanol–water partition coefficient (Wildman–Crippen LogP) is 2.49. The van der Waals surface area contributed by atoms with Crippen LogP contribution in [0.3, 0.4) is 0 Å². The first-order valence-corrected chi connectivity index (χ1v) is 8.24. The molecule has 2 nitrogen and oxygen atoms in total. The second-order valence-corrected chi connectivity index (χ2v) is 7.63. The Bertz CT molecular complexity index is 311. The number of fused-ring (bicyclic) bond motifs is 5. The Morgan fingerprint density at radius 1 is 1.06 bits per heavy atom. The first-order chi connectivity index (χ1) is 8.74. The number of nitrogens with zero attached hydrogens (tertiary/aromatic N) is 1. The summed E-state index contributed by atoms with van der Waals surface area (Å²) in [6, 6.07) is 2.41. The van der Waals surface area contributed by atoms with Gasteiger partial charge in [-0.15, -0.1) is 0 Å². The molecular weight excluding hydrogens is 220 g/mol. The molecule has 1 saturated heterocycles. The van der Waals surface area contributed by atoms with Crippen molar-refractivity contribution in [1.82, 2.24) is 10.2 Å². The van der Waals surface area contributed by atoms with Crippen LogP contribution in [-0.4, -0.2) is 36.1 Å². The fraction of sp³-hybridized carbons (Fsp3) is 1.00. The van der Waals surface area contributed by atoms with Crippen molar-refractivity contribution in [3.05, 3.63) is 0 Å². The molecule has 5 unspecified atom stereocenters. The van der Waals surface area contributed by atoms with Crippen LogP contribution in [0.25, 0.3) is 0 Å². The maximum absolute atomic E-state index is 3.76. The van der Waals surface area contributed by atoms with Crippen molar-refractivity contribution in [3.8, 4) is 0 Å². The van der Waals surface area contributed by atoms with E-state index in [1.54, 1.807) is 19.3 Å². The molecule has 3 aliphatic carbocycles. The second-order valence-electron chi connectivity index (χ2n) is 7.63. The Hall–Kier alpha value is -0.0800. The van der Waals surface area contributed by atoms with Crippen molar-refractivity contribution in [2.24, 2.45) is 23.7 Å². The van der Waals surface area contributed by atoms with Crippen molar-refractivity contribution in [2.45, 2.75) is 64.1 Å². The Morgan fingerprint density at radius 3 is 2.44 bits per heavy atom. The summed E-state index contributed by atoms with van der Waals surface area (Å²) in [7, 11) is 0. The summed E-state index contributed by atoms with van der Waals surface area (Å²) in [5, 5.41) is 3.76. The molecule has 4 fully saturated rings. The van der Waals surface area contributed by atoms with Gasteiger partial charge in [-0.1, -0.05) is 13.8 Å². The highest BCUT2D eigenvalue weighted by Crippen LogP contribution is 2.67. The van der Waals surface area contributed by atoms with Crippen molar-refractivity contribution in [2.75, 3.05) is 13.1 Å². The van der Waals surface area contributed by atoms with Gasteiger partial charge < -0.3 is 5.32 Å². The molecule has 1 aliphatic heterocycles. The lowest BCUT2D eigenvalue weighted by Crippen LogP contribution is -2.49. The fourth-order valence-electron chi connectivity index (χ4n) is 5.65. The Labute approximate surface area is 111 Å². The zero-order valence-corrected chi connectivity index (χ0v) is 11.9. The van der Waals surface area contributed by atoms with Gasteiger partial charge in [0.05, 0.1) is 0 Å². The Morgan fingerprint density at radius 2 is 1.78 bits per heavy atom. The van der Waals surface area contributed by atoms with Crippen LogP contribution in [0.15, 0.2) is 0 Å². The highest BCUT2D eigenvalue weighted by atomic mass is 15.2. The molecule has 4 aliphatic rings. The molecule has 0 aromatic rings. The number of hydrogen-bond donors (Lipinski definition) is 1. The van der Waals surface area contributed by atoms with Gasteiger partial charge in [0.25, 0.3) is 0 Å².